The first-order valence-electron chi connectivity index (χ1n) is 6.60. The summed E-state index contributed by atoms with van der Waals surface area (Å²) >= 11 is 0. The summed E-state index contributed by atoms with van der Waals surface area (Å²) in [6, 6.07) is 6.95. The molecule has 2 heterocycles. The molecule has 3 N–H and O–H groups in total. The van der Waals surface area contributed by atoms with E-state index in [9.17, 15) is 5.11 Å². The molecule has 1 aromatic rings. The van der Waals surface area contributed by atoms with Gasteiger partial charge in [-0.1, -0.05) is 6.07 Å². The molecule has 1 saturated heterocycles. The zero-order chi connectivity index (χ0) is 11.8. The third kappa shape index (κ3) is 1.69. The van der Waals surface area contributed by atoms with Crippen LogP contribution in [0, 0.1) is 0 Å². The zero-order valence-corrected chi connectivity index (χ0v) is 10.1. The lowest BCUT2D eigenvalue weighted by molar-refractivity contribution is 0.355. The molecule has 0 spiro atoms. The van der Waals surface area contributed by atoms with Crippen LogP contribution in [-0.4, -0.2) is 23.7 Å². The van der Waals surface area contributed by atoms with Crippen LogP contribution in [0.25, 0.3) is 0 Å². The van der Waals surface area contributed by atoms with Crippen LogP contribution < -0.4 is 10.6 Å². The summed E-state index contributed by atoms with van der Waals surface area (Å²) in [5, 5.41) is 9.95. The molecule has 2 atom stereocenters. The minimum atomic E-state index is 0.447. The van der Waals surface area contributed by atoms with Gasteiger partial charge in [0, 0.05) is 29.9 Å². The van der Waals surface area contributed by atoms with Crippen LogP contribution in [-0.2, 0) is 6.42 Å². The minimum Gasteiger partial charge on any atom is -0.508 e. The fraction of sp³-hybridized carbons (Fsp3) is 0.571. The predicted molar refractivity (Wildman–Crippen MR) is 69.4 cm³/mol. The van der Waals surface area contributed by atoms with Crippen molar-refractivity contribution >= 4 is 5.69 Å². The second-order valence-corrected chi connectivity index (χ2v) is 5.20. The molecule has 2 aliphatic heterocycles. The monoisotopic (exact) mass is 232 g/mol. The molecule has 1 fully saturated rings. The van der Waals surface area contributed by atoms with Crippen LogP contribution >= 0.6 is 0 Å². The number of fused-ring (bicyclic) bond motifs is 3. The molecule has 0 aliphatic carbocycles. The molecule has 3 heteroatoms. The summed E-state index contributed by atoms with van der Waals surface area (Å²) < 4.78 is 0. The molecular weight excluding hydrogens is 212 g/mol. The molecule has 0 radical (unpaired) electrons. The van der Waals surface area contributed by atoms with Gasteiger partial charge in [-0.2, -0.15) is 0 Å². The summed E-state index contributed by atoms with van der Waals surface area (Å²) in [6.07, 6.45) is 5.90. The smallest absolute Gasteiger partial charge is 0.120 e. The van der Waals surface area contributed by atoms with Crippen molar-refractivity contribution in [1.82, 2.24) is 0 Å². The quantitative estimate of drug-likeness (QED) is 0.779. The molecule has 0 saturated carbocycles. The number of benzene rings is 1. The van der Waals surface area contributed by atoms with E-state index in [1.165, 1.54) is 24.9 Å². The van der Waals surface area contributed by atoms with E-state index in [4.69, 9.17) is 5.73 Å². The summed E-state index contributed by atoms with van der Waals surface area (Å²) in [7, 11) is 0. The number of anilines is 1. The van der Waals surface area contributed by atoms with Gasteiger partial charge in [0.25, 0.3) is 0 Å². The van der Waals surface area contributed by atoms with Gasteiger partial charge in [0.2, 0.25) is 0 Å². The van der Waals surface area contributed by atoms with Gasteiger partial charge in [-0.15, -0.1) is 0 Å². The van der Waals surface area contributed by atoms with Crippen molar-refractivity contribution in [1.29, 1.82) is 0 Å². The van der Waals surface area contributed by atoms with Gasteiger partial charge in [-0.25, -0.2) is 0 Å². The SMILES string of the molecule is NCC1CCCC2CCc3c(O)cccc3N12. The van der Waals surface area contributed by atoms with Crippen molar-refractivity contribution in [3.63, 3.8) is 0 Å². The summed E-state index contributed by atoms with van der Waals surface area (Å²) in [5.74, 6) is 0.447. The Hall–Kier alpha value is -1.22. The van der Waals surface area contributed by atoms with Gasteiger partial charge in [0.05, 0.1) is 0 Å². The van der Waals surface area contributed by atoms with E-state index in [-0.39, 0.29) is 0 Å². The van der Waals surface area contributed by atoms with Gasteiger partial charge in [-0.3, -0.25) is 0 Å². The molecule has 0 amide bonds. The Balaban J connectivity index is 2.04. The molecule has 1 aromatic carbocycles. The summed E-state index contributed by atoms with van der Waals surface area (Å²) in [6.45, 7) is 0.714. The van der Waals surface area contributed by atoms with Crippen LogP contribution in [0.3, 0.4) is 0 Å². The molecule has 2 aliphatic rings. The second-order valence-electron chi connectivity index (χ2n) is 5.20. The lowest BCUT2D eigenvalue weighted by Crippen LogP contribution is -2.52. The van der Waals surface area contributed by atoms with E-state index >= 15 is 0 Å². The molecule has 92 valence electrons. The van der Waals surface area contributed by atoms with Crippen molar-refractivity contribution in [3.05, 3.63) is 23.8 Å². The number of hydrogen-bond acceptors (Lipinski definition) is 3. The average Bonchev–Trinajstić information content (AvgIpc) is 2.38. The Morgan fingerprint density at radius 1 is 1.29 bits per heavy atom. The Morgan fingerprint density at radius 2 is 2.18 bits per heavy atom. The van der Waals surface area contributed by atoms with Crippen molar-refractivity contribution in [3.8, 4) is 5.75 Å². The fourth-order valence-corrected chi connectivity index (χ4v) is 3.45. The number of rotatable bonds is 1. The van der Waals surface area contributed by atoms with Crippen molar-refractivity contribution in [2.24, 2.45) is 5.73 Å². The van der Waals surface area contributed by atoms with Gasteiger partial charge in [-0.05, 0) is 44.2 Å². The van der Waals surface area contributed by atoms with Crippen LogP contribution in [0.15, 0.2) is 18.2 Å². The number of hydrogen-bond donors (Lipinski definition) is 2. The molecule has 0 bridgehead atoms. The molecule has 0 aromatic heterocycles. The number of aromatic hydroxyl groups is 1. The maximum atomic E-state index is 9.95. The van der Waals surface area contributed by atoms with Crippen LogP contribution in [0.4, 0.5) is 5.69 Å². The first kappa shape index (κ1) is 10.9. The standard InChI is InChI=1S/C14H20N2O/c15-9-11-4-1-3-10-7-8-12-13(16(10)11)5-2-6-14(12)17/h2,5-6,10-11,17H,1,3-4,7-9,15H2. The number of nitrogens with zero attached hydrogens (tertiary/aromatic N) is 1. The number of phenolic OH excluding ortho intramolecular Hbond substituents is 1. The Bertz CT molecular complexity index is 419. The van der Waals surface area contributed by atoms with Crippen LogP contribution in [0.1, 0.15) is 31.2 Å². The second kappa shape index (κ2) is 4.22. The first-order valence-corrected chi connectivity index (χ1v) is 6.60. The topological polar surface area (TPSA) is 49.5 Å². The van der Waals surface area contributed by atoms with Crippen molar-refractivity contribution < 1.29 is 5.11 Å². The Labute approximate surface area is 102 Å². The lowest BCUT2D eigenvalue weighted by atomic mass is 9.86. The Morgan fingerprint density at radius 3 is 3.00 bits per heavy atom. The Kier molecular flexibility index (Phi) is 2.71. The largest absolute Gasteiger partial charge is 0.508 e. The average molecular weight is 232 g/mol. The van der Waals surface area contributed by atoms with E-state index < -0.39 is 0 Å². The lowest BCUT2D eigenvalue weighted by Gasteiger charge is -2.47. The molecule has 17 heavy (non-hydrogen) atoms. The van der Waals surface area contributed by atoms with E-state index in [1.807, 2.05) is 6.07 Å². The highest BCUT2D eigenvalue weighted by Gasteiger charge is 2.34. The zero-order valence-electron chi connectivity index (χ0n) is 10.1. The highest BCUT2D eigenvalue weighted by molar-refractivity contribution is 5.62. The molecular formula is C14H20N2O. The first-order chi connectivity index (χ1) is 8.31. The highest BCUT2D eigenvalue weighted by Crippen LogP contribution is 2.41. The minimum absolute atomic E-state index is 0.447. The summed E-state index contributed by atoms with van der Waals surface area (Å²) in [4.78, 5) is 2.47. The maximum absolute atomic E-state index is 9.95. The van der Waals surface area contributed by atoms with Crippen LogP contribution in [0.5, 0.6) is 5.75 Å². The van der Waals surface area contributed by atoms with E-state index in [2.05, 4.69) is 11.0 Å². The van der Waals surface area contributed by atoms with Gasteiger partial charge in [0.1, 0.15) is 5.75 Å². The predicted octanol–water partition coefficient (Wildman–Crippen LogP) is 2.02. The maximum Gasteiger partial charge on any atom is 0.120 e. The van der Waals surface area contributed by atoms with Crippen LogP contribution in [0.2, 0.25) is 0 Å². The van der Waals surface area contributed by atoms with Crippen molar-refractivity contribution in [2.75, 3.05) is 11.4 Å². The third-order valence-corrected chi connectivity index (χ3v) is 4.27. The number of nitrogens with two attached hydrogens (primary N) is 1. The summed E-state index contributed by atoms with van der Waals surface area (Å²) in [5.41, 5.74) is 8.24. The highest BCUT2D eigenvalue weighted by atomic mass is 16.3. The van der Waals surface area contributed by atoms with Crippen molar-refractivity contribution in [2.45, 2.75) is 44.2 Å². The van der Waals surface area contributed by atoms with Gasteiger partial charge in [0.15, 0.2) is 0 Å². The molecule has 3 nitrogen and oxygen atoms in total. The van der Waals surface area contributed by atoms with Gasteiger partial charge < -0.3 is 15.7 Å². The van der Waals surface area contributed by atoms with Gasteiger partial charge >= 0.3 is 0 Å². The van der Waals surface area contributed by atoms with E-state index in [0.29, 0.717) is 24.4 Å². The van der Waals surface area contributed by atoms with E-state index in [1.54, 1.807) is 6.07 Å². The fourth-order valence-electron chi connectivity index (χ4n) is 3.45. The number of phenols is 1. The number of piperidine rings is 1. The van der Waals surface area contributed by atoms with E-state index in [0.717, 1.165) is 18.4 Å². The third-order valence-electron chi connectivity index (χ3n) is 4.27. The normalized spacial score (nSPS) is 27.5. The molecule has 3 rings (SSSR count). The molecule has 2 unspecified atom stereocenters.